The van der Waals surface area contributed by atoms with Crippen LogP contribution in [0.1, 0.15) is 21.5 Å². The lowest BCUT2D eigenvalue weighted by molar-refractivity contribution is 0.0872. The number of rotatable bonds is 6. The summed E-state index contributed by atoms with van der Waals surface area (Å²) in [6.07, 6.45) is 3.14. The van der Waals surface area contributed by atoms with Crippen molar-refractivity contribution < 1.29 is 19.0 Å². The zero-order valence-corrected chi connectivity index (χ0v) is 14.0. The molecule has 23 heavy (non-hydrogen) atoms. The van der Waals surface area contributed by atoms with E-state index in [-0.39, 0.29) is 18.6 Å². The molecule has 0 aliphatic carbocycles. The number of carbonyl (C=O) groups is 1. The van der Waals surface area contributed by atoms with Gasteiger partial charge in [-0.1, -0.05) is 0 Å². The molecule has 1 atom stereocenters. The third-order valence-corrected chi connectivity index (χ3v) is 3.87. The Morgan fingerprint density at radius 3 is 2.70 bits per heavy atom. The molecule has 1 aromatic heterocycles. The highest BCUT2D eigenvalue weighted by molar-refractivity contribution is 9.09. The second kappa shape index (κ2) is 7.52. The van der Waals surface area contributed by atoms with Crippen molar-refractivity contribution in [1.29, 1.82) is 0 Å². The number of aliphatic hydroxyl groups is 1. The van der Waals surface area contributed by atoms with Crippen LogP contribution in [0.4, 0.5) is 4.39 Å². The molecular formula is C16H16BrFN2O3. The van der Waals surface area contributed by atoms with Gasteiger partial charge in [0.2, 0.25) is 0 Å². The molecule has 5 nitrogen and oxygen atoms in total. The molecule has 7 heteroatoms. The number of benzene rings is 1. The fourth-order valence-corrected chi connectivity index (χ4v) is 2.68. The number of alkyl halides is 2. The molecule has 0 saturated heterocycles. The van der Waals surface area contributed by atoms with Crippen LogP contribution in [0.3, 0.4) is 0 Å². The summed E-state index contributed by atoms with van der Waals surface area (Å²) >= 11 is 2.92. The molecule has 0 fully saturated rings. The number of pyridine rings is 1. The van der Waals surface area contributed by atoms with Crippen molar-refractivity contribution in [3.8, 4) is 5.75 Å². The van der Waals surface area contributed by atoms with E-state index in [2.05, 4.69) is 26.2 Å². The van der Waals surface area contributed by atoms with E-state index < -0.39 is 10.6 Å². The van der Waals surface area contributed by atoms with Crippen LogP contribution in [-0.4, -0.2) is 29.7 Å². The third kappa shape index (κ3) is 4.27. The highest BCUT2D eigenvalue weighted by Gasteiger charge is 2.33. The summed E-state index contributed by atoms with van der Waals surface area (Å²) in [5.74, 6) is -0.0431. The van der Waals surface area contributed by atoms with Crippen LogP contribution in [0.2, 0.25) is 0 Å². The first-order valence-corrected chi connectivity index (χ1v) is 7.66. The van der Waals surface area contributed by atoms with E-state index in [9.17, 15) is 4.79 Å². The Labute approximate surface area is 141 Å². The largest absolute Gasteiger partial charge is 0.497 e. The minimum atomic E-state index is -2.27. The van der Waals surface area contributed by atoms with Crippen molar-refractivity contribution in [3.05, 3.63) is 59.4 Å². The topological polar surface area (TPSA) is 71.5 Å². The van der Waals surface area contributed by atoms with Crippen molar-refractivity contribution in [3.63, 3.8) is 0 Å². The molecule has 1 aromatic carbocycles. The lowest BCUT2D eigenvalue weighted by Crippen LogP contribution is -2.38. The molecular weight excluding hydrogens is 367 g/mol. The zero-order valence-electron chi connectivity index (χ0n) is 12.4. The van der Waals surface area contributed by atoms with Gasteiger partial charge in [0.25, 0.3) is 10.6 Å². The maximum Gasteiger partial charge on any atom is 0.264 e. The van der Waals surface area contributed by atoms with Crippen LogP contribution < -0.4 is 10.1 Å². The van der Waals surface area contributed by atoms with E-state index in [0.717, 1.165) is 0 Å². The first-order valence-electron chi connectivity index (χ1n) is 6.86. The van der Waals surface area contributed by atoms with Gasteiger partial charge >= 0.3 is 0 Å². The number of carbonyl (C=O) groups excluding carboxylic acids is 1. The van der Waals surface area contributed by atoms with E-state index in [1.165, 1.54) is 37.7 Å². The Bertz CT molecular complexity index is 680. The highest BCUT2D eigenvalue weighted by atomic mass is 79.9. The van der Waals surface area contributed by atoms with Gasteiger partial charge in [-0.15, -0.1) is 0 Å². The second-order valence-electron chi connectivity index (χ2n) is 4.76. The van der Waals surface area contributed by atoms with Gasteiger partial charge in [0, 0.05) is 30.1 Å². The molecule has 1 unspecified atom stereocenters. The van der Waals surface area contributed by atoms with Gasteiger partial charge in [0.1, 0.15) is 5.75 Å². The molecule has 0 radical (unpaired) electrons. The van der Waals surface area contributed by atoms with Crippen LogP contribution in [-0.2, 0) is 11.1 Å². The molecule has 0 aliphatic heterocycles. The molecule has 122 valence electrons. The van der Waals surface area contributed by atoms with E-state index >= 15 is 4.39 Å². The normalized spacial score (nSPS) is 13.2. The first-order chi connectivity index (χ1) is 11.0. The number of ether oxygens (including phenoxy) is 1. The Morgan fingerprint density at radius 2 is 2.09 bits per heavy atom. The summed E-state index contributed by atoms with van der Waals surface area (Å²) in [7, 11) is 1.50. The number of methoxy groups -OCH3 is 1. The maximum absolute atomic E-state index is 15.0. The maximum atomic E-state index is 15.0. The number of halogens is 2. The van der Waals surface area contributed by atoms with Crippen molar-refractivity contribution in [2.75, 3.05) is 13.7 Å². The van der Waals surface area contributed by atoms with E-state index in [4.69, 9.17) is 9.84 Å². The Kier molecular flexibility index (Phi) is 5.68. The standard InChI is InChI=1S/C16H16BrFN2O3/c1-23-13-2-3-14(12(10-13)6-9-21)16(17,18)20-15(22)11-4-7-19-8-5-11/h2-5,7-8,10,21H,6,9H2,1H3,(H,20,22). The molecule has 0 spiro atoms. The minimum Gasteiger partial charge on any atom is -0.497 e. The molecule has 2 aromatic rings. The first kappa shape index (κ1) is 17.4. The fourth-order valence-electron chi connectivity index (χ4n) is 2.12. The van der Waals surface area contributed by atoms with Crippen LogP contribution in [0.5, 0.6) is 5.75 Å². The fraction of sp³-hybridized carbons (Fsp3) is 0.250. The van der Waals surface area contributed by atoms with Gasteiger partial charge in [0.05, 0.1) is 7.11 Å². The average molecular weight is 383 g/mol. The van der Waals surface area contributed by atoms with Crippen molar-refractivity contribution >= 4 is 21.8 Å². The monoisotopic (exact) mass is 382 g/mol. The molecule has 0 bridgehead atoms. The number of hydrogen-bond acceptors (Lipinski definition) is 4. The highest BCUT2D eigenvalue weighted by Crippen LogP contribution is 2.35. The molecule has 2 rings (SSSR count). The lowest BCUT2D eigenvalue weighted by Gasteiger charge is -2.23. The number of amides is 1. The molecule has 0 saturated carbocycles. The van der Waals surface area contributed by atoms with Gasteiger partial charge in [-0.2, -0.15) is 0 Å². The summed E-state index contributed by atoms with van der Waals surface area (Å²) < 4.78 is 17.9. The van der Waals surface area contributed by atoms with Crippen molar-refractivity contribution in [1.82, 2.24) is 10.3 Å². The Morgan fingerprint density at radius 1 is 1.39 bits per heavy atom. The SMILES string of the molecule is COc1ccc(C(F)(Br)NC(=O)c2ccncc2)c(CCO)c1. The Balaban J connectivity index is 2.29. The van der Waals surface area contributed by atoms with Gasteiger partial charge in [0.15, 0.2) is 0 Å². The van der Waals surface area contributed by atoms with Crippen LogP contribution in [0.25, 0.3) is 0 Å². The lowest BCUT2D eigenvalue weighted by atomic mass is 10.0. The molecule has 0 aliphatic rings. The molecule has 1 heterocycles. The zero-order chi connectivity index (χ0) is 16.9. The van der Waals surface area contributed by atoms with Crippen LogP contribution in [0, 0.1) is 0 Å². The smallest absolute Gasteiger partial charge is 0.264 e. The van der Waals surface area contributed by atoms with Gasteiger partial charge < -0.3 is 15.2 Å². The Hall–Kier alpha value is -1.99. The number of nitrogens with one attached hydrogen (secondary N) is 1. The van der Waals surface area contributed by atoms with Gasteiger partial charge in [-0.3, -0.25) is 9.78 Å². The number of nitrogens with zero attached hydrogens (tertiary/aromatic N) is 1. The van der Waals surface area contributed by atoms with Gasteiger partial charge in [-0.05, 0) is 58.2 Å². The summed E-state index contributed by atoms with van der Waals surface area (Å²) in [6, 6.07) is 7.69. The summed E-state index contributed by atoms with van der Waals surface area (Å²) in [5, 5.41) is 11.4. The van der Waals surface area contributed by atoms with E-state index in [1.54, 1.807) is 12.1 Å². The van der Waals surface area contributed by atoms with E-state index in [0.29, 0.717) is 16.9 Å². The minimum absolute atomic E-state index is 0.151. The summed E-state index contributed by atoms with van der Waals surface area (Å²) in [6.45, 7) is -0.151. The van der Waals surface area contributed by atoms with Crippen LogP contribution in [0.15, 0.2) is 42.7 Å². The van der Waals surface area contributed by atoms with E-state index in [1.807, 2.05) is 0 Å². The summed E-state index contributed by atoms with van der Waals surface area (Å²) in [4.78, 5) is 16.0. The quantitative estimate of drug-likeness (QED) is 0.594. The summed E-state index contributed by atoms with van der Waals surface area (Å²) in [5.41, 5.74) is 1.02. The predicted octanol–water partition coefficient (Wildman–Crippen LogP) is 2.53. The second-order valence-corrected chi connectivity index (χ2v) is 5.85. The van der Waals surface area contributed by atoms with Crippen LogP contribution >= 0.6 is 15.9 Å². The molecule has 1 amide bonds. The number of aromatic nitrogens is 1. The van der Waals surface area contributed by atoms with Gasteiger partial charge in [-0.25, -0.2) is 4.39 Å². The number of hydrogen-bond donors (Lipinski definition) is 2. The average Bonchev–Trinajstić information content (AvgIpc) is 2.55. The molecule has 2 N–H and O–H groups in total. The van der Waals surface area contributed by atoms with Crippen molar-refractivity contribution in [2.24, 2.45) is 0 Å². The number of aliphatic hydroxyl groups excluding tert-OH is 1. The predicted molar refractivity (Wildman–Crippen MR) is 87.2 cm³/mol. The van der Waals surface area contributed by atoms with Crippen molar-refractivity contribution in [2.45, 2.75) is 11.1 Å². The third-order valence-electron chi connectivity index (χ3n) is 3.24.